The van der Waals surface area contributed by atoms with Gasteiger partial charge < -0.3 is 5.32 Å². The fourth-order valence-corrected chi connectivity index (χ4v) is 1.62. The summed E-state index contributed by atoms with van der Waals surface area (Å²) in [6.07, 6.45) is 5.71. The molecule has 2 heteroatoms. The number of nitrogens with zero attached hydrogens (tertiary/aromatic N) is 1. The van der Waals surface area contributed by atoms with Crippen LogP contribution in [0.25, 0.3) is 0 Å². The summed E-state index contributed by atoms with van der Waals surface area (Å²) in [5.41, 5.74) is 1.60. The van der Waals surface area contributed by atoms with Crippen LogP contribution in [0.5, 0.6) is 0 Å². The molecule has 0 amide bonds. The van der Waals surface area contributed by atoms with Crippen LogP contribution < -0.4 is 5.32 Å². The Morgan fingerprint density at radius 1 is 1.19 bits per heavy atom. The lowest BCUT2D eigenvalue weighted by atomic mass is 9.90. The number of unbranched alkanes of at least 4 members (excludes halogenated alkanes) is 1. The van der Waals surface area contributed by atoms with Crippen LogP contribution in [-0.4, -0.2) is 11.5 Å². The zero-order chi connectivity index (χ0) is 11.9. The minimum absolute atomic E-state index is 0.473. The summed E-state index contributed by atoms with van der Waals surface area (Å²) in [6, 6.07) is 6.04. The third-order valence-corrected chi connectivity index (χ3v) is 2.56. The largest absolute Gasteiger partial charge is 0.311 e. The first-order valence-corrected chi connectivity index (χ1v) is 6.18. The molecular formula is C14H24N2. The molecule has 0 aliphatic heterocycles. The van der Waals surface area contributed by atoms with E-state index in [1.165, 1.54) is 19.3 Å². The SMILES string of the molecule is CC(C)(C)CCCCNCc1ccccn1. The van der Waals surface area contributed by atoms with Gasteiger partial charge in [-0.15, -0.1) is 0 Å². The van der Waals surface area contributed by atoms with E-state index in [-0.39, 0.29) is 0 Å². The minimum Gasteiger partial charge on any atom is -0.311 e. The maximum absolute atomic E-state index is 4.27. The molecule has 0 fully saturated rings. The lowest BCUT2D eigenvalue weighted by Crippen LogP contribution is -2.16. The number of aromatic nitrogens is 1. The van der Waals surface area contributed by atoms with Crippen LogP contribution in [0.15, 0.2) is 24.4 Å². The van der Waals surface area contributed by atoms with Gasteiger partial charge in [0.1, 0.15) is 0 Å². The highest BCUT2D eigenvalue weighted by Gasteiger charge is 2.08. The molecule has 0 aliphatic carbocycles. The molecule has 0 saturated heterocycles. The van der Waals surface area contributed by atoms with E-state index in [2.05, 4.69) is 37.1 Å². The van der Waals surface area contributed by atoms with Crippen LogP contribution in [0.4, 0.5) is 0 Å². The van der Waals surface area contributed by atoms with Crippen LogP contribution in [0.2, 0.25) is 0 Å². The average molecular weight is 220 g/mol. The van der Waals surface area contributed by atoms with E-state index >= 15 is 0 Å². The van der Waals surface area contributed by atoms with E-state index in [9.17, 15) is 0 Å². The van der Waals surface area contributed by atoms with Crippen molar-refractivity contribution in [2.45, 2.75) is 46.6 Å². The molecule has 0 spiro atoms. The van der Waals surface area contributed by atoms with E-state index in [1.807, 2.05) is 18.3 Å². The van der Waals surface area contributed by atoms with Gasteiger partial charge in [0.25, 0.3) is 0 Å². The highest BCUT2D eigenvalue weighted by atomic mass is 14.9. The zero-order valence-corrected chi connectivity index (χ0v) is 10.8. The number of hydrogen-bond acceptors (Lipinski definition) is 2. The fraction of sp³-hybridized carbons (Fsp3) is 0.643. The minimum atomic E-state index is 0.473. The zero-order valence-electron chi connectivity index (χ0n) is 10.8. The number of rotatable bonds is 6. The molecule has 0 bridgehead atoms. The Hall–Kier alpha value is -0.890. The maximum atomic E-state index is 4.27. The van der Waals surface area contributed by atoms with E-state index in [0.29, 0.717) is 5.41 Å². The smallest absolute Gasteiger partial charge is 0.0541 e. The van der Waals surface area contributed by atoms with Gasteiger partial charge in [-0.3, -0.25) is 4.98 Å². The third kappa shape index (κ3) is 6.57. The Balaban J connectivity index is 2.01. The van der Waals surface area contributed by atoms with Gasteiger partial charge in [-0.25, -0.2) is 0 Å². The Morgan fingerprint density at radius 2 is 2.00 bits per heavy atom. The van der Waals surface area contributed by atoms with Gasteiger partial charge in [-0.2, -0.15) is 0 Å². The lowest BCUT2D eigenvalue weighted by Gasteiger charge is -2.17. The van der Waals surface area contributed by atoms with Crippen LogP contribution >= 0.6 is 0 Å². The van der Waals surface area contributed by atoms with Crippen molar-refractivity contribution in [1.29, 1.82) is 0 Å². The summed E-state index contributed by atoms with van der Waals surface area (Å²) in [7, 11) is 0. The third-order valence-electron chi connectivity index (χ3n) is 2.56. The van der Waals surface area contributed by atoms with Gasteiger partial charge in [0, 0.05) is 12.7 Å². The van der Waals surface area contributed by atoms with E-state index < -0.39 is 0 Å². The number of nitrogens with one attached hydrogen (secondary N) is 1. The topological polar surface area (TPSA) is 24.9 Å². The Bertz CT molecular complexity index is 275. The van der Waals surface area contributed by atoms with Gasteiger partial charge in [-0.05, 0) is 36.9 Å². The standard InChI is InChI=1S/C14H24N2/c1-14(2,3)9-5-7-10-15-12-13-8-4-6-11-16-13/h4,6,8,11,15H,5,7,9-10,12H2,1-3H3. The van der Waals surface area contributed by atoms with Crippen molar-refractivity contribution in [2.75, 3.05) is 6.54 Å². The highest BCUT2D eigenvalue weighted by Crippen LogP contribution is 2.21. The molecule has 1 N–H and O–H groups in total. The second-order valence-corrected chi connectivity index (χ2v) is 5.52. The van der Waals surface area contributed by atoms with Gasteiger partial charge in [0.2, 0.25) is 0 Å². The molecule has 1 rings (SSSR count). The van der Waals surface area contributed by atoms with Gasteiger partial charge in [0.05, 0.1) is 5.69 Å². The van der Waals surface area contributed by atoms with Crippen LogP contribution in [-0.2, 0) is 6.54 Å². The van der Waals surface area contributed by atoms with Crippen LogP contribution in [0.3, 0.4) is 0 Å². The molecule has 1 aromatic rings. The molecule has 0 saturated carbocycles. The van der Waals surface area contributed by atoms with Crippen LogP contribution in [0, 0.1) is 5.41 Å². The van der Waals surface area contributed by atoms with Crippen molar-refractivity contribution in [3.05, 3.63) is 30.1 Å². The number of pyridine rings is 1. The highest BCUT2D eigenvalue weighted by molar-refractivity contribution is 5.02. The first-order valence-electron chi connectivity index (χ1n) is 6.18. The summed E-state index contributed by atoms with van der Waals surface area (Å²) in [5, 5.41) is 3.43. The first-order chi connectivity index (χ1) is 7.58. The summed E-state index contributed by atoms with van der Waals surface area (Å²) >= 11 is 0. The molecule has 0 aliphatic rings. The molecule has 0 unspecified atom stereocenters. The predicted molar refractivity (Wildman–Crippen MR) is 69.2 cm³/mol. The second kappa shape index (κ2) is 6.64. The summed E-state index contributed by atoms with van der Waals surface area (Å²) in [6.45, 7) is 8.87. The average Bonchev–Trinajstić information content (AvgIpc) is 2.23. The lowest BCUT2D eigenvalue weighted by molar-refractivity contribution is 0.358. The first kappa shape index (κ1) is 13.2. The van der Waals surface area contributed by atoms with Crippen molar-refractivity contribution < 1.29 is 0 Å². The van der Waals surface area contributed by atoms with Crippen molar-refractivity contribution in [1.82, 2.24) is 10.3 Å². The molecule has 1 aromatic heterocycles. The molecule has 0 aromatic carbocycles. The van der Waals surface area contributed by atoms with Crippen molar-refractivity contribution in [2.24, 2.45) is 5.41 Å². The molecule has 0 radical (unpaired) electrons. The summed E-state index contributed by atoms with van der Waals surface area (Å²) in [4.78, 5) is 4.27. The van der Waals surface area contributed by atoms with Gasteiger partial charge in [0.15, 0.2) is 0 Å². The van der Waals surface area contributed by atoms with E-state index in [4.69, 9.17) is 0 Å². The van der Waals surface area contributed by atoms with E-state index in [0.717, 1.165) is 18.8 Å². The maximum Gasteiger partial charge on any atom is 0.0541 e. The molecule has 1 heterocycles. The fourth-order valence-electron chi connectivity index (χ4n) is 1.62. The van der Waals surface area contributed by atoms with Crippen molar-refractivity contribution in [3.8, 4) is 0 Å². The molecule has 90 valence electrons. The number of hydrogen-bond donors (Lipinski definition) is 1. The van der Waals surface area contributed by atoms with Crippen molar-refractivity contribution in [3.63, 3.8) is 0 Å². The molecule has 2 nitrogen and oxygen atoms in total. The second-order valence-electron chi connectivity index (χ2n) is 5.52. The Kier molecular flexibility index (Phi) is 5.47. The molecule has 16 heavy (non-hydrogen) atoms. The normalized spacial score (nSPS) is 11.7. The molecular weight excluding hydrogens is 196 g/mol. The van der Waals surface area contributed by atoms with E-state index in [1.54, 1.807) is 0 Å². The van der Waals surface area contributed by atoms with Crippen molar-refractivity contribution >= 4 is 0 Å². The summed E-state index contributed by atoms with van der Waals surface area (Å²) in [5.74, 6) is 0. The van der Waals surface area contributed by atoms with Gasteiger partial charge >= 0.3 is 0 Å². The molecule has 0 atom stereocenters. The quantitative estimate of drug-likeness (QED) is 0.743. The van der Waals surface area contributed by atoms with Crippen LogP contribution in [0.1, 0.15) is 45.7 Å². The van der Waals surface area contributed by atoms with Gasteiger partial charge in [-0.1, -0.05) is 33.3 Å². The Morgan fingerprint density at radius 3 is 2.62 bits per heavy atom. The monoisotopic (exact) mass is 220 g/mol. The Labute approximate surface area is 99.5 Å². The predicted octanol–water partition coefficient (Wildman–Crippen LogP) is 3.39. The summed E-state index contributed by atoms with van der Waals surface area (Å²) < 4.78 is 0.